The van der Waals surface area contributed by atoms with Crippen LogP contribution >= 0.6 is 0 Å². The van der Waals surface area contributed by atoms with Crippen molar-refractivity contribution >= 4 is 22.8 Å². The number of carbonyl (C=O) groups is 2. The highest BCUT2D eigenvalue weighted by Crippen LogP contribution is 2.17. The van der Waals surface area contributed by atoms with Gasteiger partial charge in [0.15, 0.2) is 0 Å². The Morgan fingerprint density at radius 3 is 2.29 bits per heavy atom. The summed E-state index contributed by atoms with van der Waals surface area (Å²) >= 11 is 0. The maximum absolute atomic E-state index is 12.5. The molecule has 3 rings (SSSR count). The average Bonchev–Trinajstić information content (AvgIpc) is 2.97. The number of ether oxygens (including phenoxy) is 1. The Hall–Kier alpha value is -2.88. The van der Waals surface area contributed by atoms with E-state index in [9.17, 15) is 9.59 Å². The standard InChI is InChI=1S/C17H13NO3/c1-21-17(20)14-8-6-13(7-9-14)16(19)18-11-10-12-4-2-3-5-15(12)18/h2-11H,1H3. The molecule has 0 aliphatic heterocycles. The Labute approximate surface area is 121 Å². The number of rotatable bonds is 2. The van der Waals surface area contributed by atoms with Crippen LogP contribution in [0.15, 0.2) is 60.8 Å². The zero-order valence-corrected chi connectivity index (χ0v) is 11.4. The smallest absolute Gasteiger partial charge is 0.337 e. The maximum Gasteiger partial charge on any atom is 0.337 e. The minimum absolute atomic E-state index is 0.132. The molecule has 0 spiro atoms. The lowest BCUT2D eigenvalue weighted by Crippen LogP contribution is -2.11. The van der Waals surface area contributed by atoms with Gasteiger partial charge in [-0.1, -0.05) is 18.2 Å². The third kappa shape index (κ3) is 2.31. The third-order valence-electron chi connectivity index (χ3n) is 3.37. The summed E-state index contributed by atoms with van der Waals surface area (Å²) in [6, 6.07) is 16.0. The number of fused-ring (bicyclic) bond motifs is 1. The van der Waals surface area contributed by atoms with Gasteiger partial charge in [0.05, 0.1) is 18.2 Å². The summed E-state index contributed by atoms with van der Waals surface area (Å²) in [5, 5.41) is 1.01. The third-order valence-corrected chi connectivity index (χ3v) is 3.37. The number of esters is 1. The Kier molecular flexibility index (Phi) is 3.28. The van der Waals surface area contributed by atoms with Gasteiger partial charge in [0.25, 0.3) is 5.91 Å². The summed E-state index contributed by atoms with van der Waals surface area (Å²) in [5.74, 6) is -0.548. The highest BCUT2D eigenvalue weighted by atomic mass is 16.5. The predicted molar refractivity (Wildman–Crippen MR) is 79.4 cm³/mol. The van der Waals surface area contributed by atoms with Crippen LogP contribution in [0.25, 0.3) is 10.9 Å². The van der Waals surface area contributed by atoms with E-state index in [-0.39, 0.29) is 5.91 Å². The fourth-order valence-corrected chi connectivity index (χ4v) is 2.27. The van der Waals surface area contributed by atoms with E-state index in [0.29, 0.717) is 11.1 Å². The van der Waals surface area contributed by atoms with Crippen molar-refractivity contribution in [1.82, 2.24) is 4.57 Å². The van der Waals surface area contributed by atoms with Crippen molar-refractivity contribution in [3.8, 4) is 0 Å². The molecule has 21 heavy (non-hydrogen) atoms. The zero-order valence-electron chi connectivity index (χ0n) is 11.4. The molecule has 4 nitrogen and oxygen atoms in total. The van der Waals surface area contributed by atoms with Crippen LogP contribution in [0.5, 0.6) is 0 Å². The van der Waals surface area contributed by atoms with Crippen LogP contribution in [0.2, 0.25) is 0 Å². The number of para-hydroxylation sites is 1. The highest BCUT2D eigenvalue weighted by Gasteiger charge is 2.12. The van der Waals surface area contributed by atoms with Gasteiger partial charge in [-0.25, -0.2) is 4.79 Å². The topological polar surface area (TPSA) is 48.3 Å². The van der Waals surface area contributed by atoms with Crippen LogP contribution in [0.1, 0.15) is 20.7 Å². The summed E-state index contributed by atoms with van der Waals surface area (Å²) in [5.41, 5.74) is 1.80. The monoisotopic (exact) mass is 279 g/mol. The minimum Gasteiger partial charge on any atom is -0.465 e. The second-order valence-electron chi connectivity index (χ2n) is 4.62. The molecule has 0 unspecified atom stereocenters. The second-order valence-corrected chi connectivity index (χ2v) is 4.62. The van der Waals surface area contributed by atoms with Gasteiger partial charge in [-0.05, 0) is 36.4 Å². The Bertz CT molecular complexity index is 815. The summed E-state index contributed by atoms with van der Waals surface area (Å²) in [6.07, 6.45) is 1.75. The second kappa shape index (κ2) is 5.25. The quantitative estimate of drug-likeness (QED) is 0.677. The molecular formula is C17H13NO3. The van der Waals surface area contributed by atoms with Crippen molar-refractivity contribution in [2.45, 2.75) is 0 Å². The molecule has 0 atom stereocenters. The summed E-state index contributed by atoms with van der Waals surface area (Å²) in [6.45, 7) is 0. The zero-order chi connectivity index (χ0) is 14.8. The molecule has 1 aromatic heterocycles. The fraction of sp³-hybridized carbons (Fsp3) is 0.0588. The van der Waals surface area contributed by atoms with Gasteiger partial charge in [0.1, 0.15) is 0 Å². The number of aromatic nitrogens is 1. The van der Waals surface area contributed by atoms with E-state index in [1.807, 2.05) is 30.3 Å². The van der Waals surface area contributed by atoms with E-state index < -0.39 is 5.97 Å². The van der Waals surface area contributed by atoms with E-state index >= 15 is 0 Å². The SMILES string of the molecule is COC(=O)c1ccc(C(=O)n2ccc3ccccc32)cc1. The molecule has 104 valence electrons. The molecule has 0 radical (unpaired) electrons. The first-order valence-corrected chi connectivity index (χ1v) is 6.50. The van der Waals surface area contributed by atoms with Crippen LogP contribution in [0.3, 0.4) is 0 Å². The Morgan fingerprint density at radius 2 is 1.57 bits per heavy atom. The summed E-state index contributed by atoms with van der Waals surface area (Å²) in [7, 11) is 1.33. The number of nitrogens with zero attached hydrogens (tertiary/aromatic N) is 1. The first-order chi connectivity index (χ1) is 10.2. The number of hydrogen-bond donors (Lipinski definition) is 0. The molecule has 4 heteroatoms. The fourth-order valence-electron chi connectivity index (χ4n) is 2.27. The van der Waals surface area contributed by atoms with E-state index in [4.69, 9.17) is 0 Å². The van der Waals surface area contributed by atoms with Crippen molar-refractivity contribution < 1.29 is 14.3 Å². The molecule has 0 fully saturated rings. The molecule has 0 N–H and O–H groups in total. The molecule has 0 bridgehead atoms. The number of methoxy groups -OCH3 is 1. The van der Waals surface area contributed by atoms with Crippen LogP contribution < -0.4 is 0 Å². The predicted octanol–water partition coefficient (Wildman–Crippen LogP) is 3.12. The van der Waals surface area contributed by atoms with Crippen LogP contribution in [-0.2, 0) is 4.74 Å². The largest absolute Gasteiger partial charge is 0.465 e. The van der Waals surface area contributed by atoms with E-state index in [1.54, 1.807) is 35.0 Å². The van der Waals surface area contributed by atoms with Crippen molar-refractivity contribution in [2.75, 3.05) is 7.11 Å². The normalized spacial score (nSPS) is 10.5. The molecule has 0 saturated heterocycles. The van der Waals surface area contributed by atoms with E-state index in [2.05, 4.69) is 4.74 Å². The average molecular weight is 279 g/mol. The molecule has 0 amide bonds. The van der Waals surface area contributed by atoms with Crippen molar-refractivity contribution in [2.24, 2.45) is 0 Å². The first kappa shape index (κ1) is 13.1. The van der Waals surface area contributed by atoms with E-state index in [1.165, 1.54) is 7.11 Å². The van der Waals surface area contributed by atoms with Gasteiger partial charge in [0.2, 0.25) is 0 Å². The van der Waals surface area contributed by atoms with Crippen LogP contribution in [0.4, 0.5) is 0 Å². The van der Waals surface area contributed by atoms with Gasteiger partial charge < -0.3 is 4.74 Å². The van der Waals surface area contributed by atoms with Crippen molar-refractivity contribution in [1.29, 1.82) is 0 Å². The lowest BCUT2D eigenvalue weighted by atomic mass is 10.1. The lowest BCUT2D eigenvalue weighted by Gasteiger charge is -2.05. The number of carbonyl (C=O) groups excluding carboxylic acids is 2. The molecular weight excluding hydrogens is 266 g/mol. The van der Waals surface area contributed by atoms with Crippen molar-refractivity contribution in [3.05, 3.63) is 71.9 Å². The Balaban J connectivity index is 1.97. The first-order valence-electron chi connectivity index (χ1n) is 6.50. The van der Waals surface area contributed by atoms with Crippen LogP contribution in [-0.4, -0.2) is 23.6 Å². The van der Waals surface area contributed by atoms with Gasteiger partial charge in [-0.3, -0.25) is 9.36 Å². The highest BCUT2D eigenvalue weighted by molar-refractivity contribution is 6.02. The Morgan fingerprint density at radius 1 is 0.905 bits per heavy atom. The maximum atomic E-state index is 12.5. The molecule has 2 aromatic carbocycles. The van der Waals surface area contributed by atoms with E-state index in [0.717, 1.165) is 10.9 Å². The summed E-state index contributed by atoms with van der Waals surface area (Å²) in [4.78, 5) is 23.9. The van der Waals surface area contributed by atoms with Gasteiger partial charge >= 0.3 is 5.97 Å². The molecule has 1 heterocycles. The minimum atomic E-state index is -0.416. The molecule has 0 saturated carbocycles. The molecule has 0 aliphatic carbocycles. The van der Waals surface area contributed by atoms with Crippen LogP contribution in [0, 0.1) is 0 Å². The number of benzene rings is 2. The number of hydrogen-bond acceptors (Lipinski definition) is 3. The molecule has 3 aromatic rings. The summed E-state index contributed by atoms with van der Waals surface area (Å²) < 4.78 is 6.24. The van der Waals surface area contributed by atoms with Gasteiger partial charge in [-0.2, -0.15) is 0 Å². The van der Waals surface area contributed by atoms with Gasteiger partial charge in [0, 0.05) is 17.1 Å². The lowest BCUT2D eigenvalue weighted by molar-refractivity contribution is 0.0600. The van der Waals surface area contributed by atoms with Gasteiger partial charge in [-0.15, -0.1) is 0 Å². The molecule has 0 aliphatic rings. The van der Waals surface area contributed by atoms with Crippen molar-refractivity contribution in [3.63, 3.8) is 0 Å².